The fourth-order valence-electron chi connectivity index (χ4n) is 2.56. The van der Waals surface area contributed by atoms with Crippen LogP contribution in [0.5, 0.6) is 0 Å². The second kappa shape index (κ2) is 5.42. The van der Waals surface area contributed by atoms with E-state index in [0.29, 0.717) is 12.0 Å². The van der Waals surface area contributed by atoms with Crippen molar-refractivity contribution in [2.75, 3.05) is 0 Å². The molecule has 2 nitrogen and oxygen atoms in total. The predicted octanol–water partition coefficient (Wildman–Crippen LogP) is 3.57. The Kier molecular flexibility index (Phi) is 3.75. The number of alkyl halides is 3. The number of nitrogens with two attached hydrogens (primary N) is 1. The highest BCUT2D eigenvalue weighted by molar-refractivity contribution is 7.11. The Morgan fingerprint density at radius 1 is 1.33 bits per heavy atom. The third-order valence-corrected chi connectivity index (χ3v) is 4.75. The van der Waals surface area contributed by atoms with Crippen LogP contribution in [0.15, 0.2) is 24.3 Å². The molecule has 6 heteroatoms. The average molecular weight is 312 g/mol. The molecule has 2 N–H and O–H groups in total. The van der Waals surface area contributed by atoms with Crippen LogP contribution in [0.25, 0.3) is 0 Å². The smallest absolute Gasteiger partial charge is 0.327 e. The number of benzene rings is 1. The van der Waals surface area contributed by atoms with E-state index in [4.69, 9.17) is 5.73 Å². The zero-order valence-corrected chi connectivity index (χ0v) is 12.1. The third-order valence-electron chi connectivity index (χ3n) is 3.63. The van der Waals surface area contributed by atoms with Crippen molar-refractivity contribution in [3.8, 4) is 0 Å². The van der Waals surface area contributed by atoms with E-state index < -0.39 is 11.7 Å². The molecule has 0 spiro atoms. The maximum atomic E-state index is 12.7. The van der Waals surface area contributed by atoms with Crippen molar-refractivity contribution >= 4 is 11.3 Å². The number of aromatic nitrogens is 1. The summed E-state index contributed by atoms with van der Waals surface area (Å²) in [4.78, 5) is 5.74. The summed E-state index contributed by atoms with van der Waals surface area (Å²) < 4.78 is 38.1. The summed E-state index contributed by atoms with van der Waals surface area (Å²) in [5.41, 5.74) is 7.04. The summed E-state index contributed by atoms with van der Waals surface area (Å²) in [6, 6.07) is 5.63. The average Bonchev–Trinajstić information content (AvgIpc) is 2.79. The summed E-state index contributed by atoms with van der Waals surface area (Å²) in [5.74, 6) is 0. The van der Waals surface area contributed by atoms with Gasteiger partial charge in [0, 0.05) is 17.3 Å². The van der Waals surface area contributed by atoms with E-state index in [-0.39, 0.29) is 6.04 Å². The van der Waals surface area contributed by atoms with Crippen LogP contribution in [0, 0.1) is 0 Å². The lowest BCUT2D eigenvalue weighted by Crippen LogP contribution is -2.26. The van der Waals surface area contributed by atoms with Crippen LogP contribution >= 0.6 is 11.3 Å². The molecule has 1 unspecified atom stereocenters. The van der Waals surface area contributed by atoms with Gasteiger partial charge in [-0.05, 0) is 30.9 Å². The molecule has 1 aromatic carbocycles. The van der Waals surface area contributed by atoms with Crippen LogP contribution in [-0.4, -0.2) is 11.0 Å². The summed E-state index contributed by atoms with van der Waals surface area (Å²) in [5, 5.41) is 0.869. The third kappa shape index (κ3) is 3.27. The number of hydrogen-bond acceptors (Lipinski definition) is 3. The highest BCUT2D eigenvalue weighted by Crippen LogP contribution is 2.31. The standard InChI is InChI=1S/C15H15F3N2S/c16-15(17,18)10-3-1-2-9(6-10)7-14-20-12-5-4-11(19)8-13(12)21-14/h1-3,6,11H,4-5,7-8,19H2. The van der Waals surface area contributed by atoms with Gasteiger partial charge in [0.1, 0.15) is 0 Å². The summed E-state index contributed by atoms with van der Waals surface area (Å²) in [6.45, 7) is 0. The first-order valence-electron chi connectivity index (χ1n) is 6.81. The van der Waals surface area contributed by atoms with Crippen LogP contribution in [0.2, 0.25) is 0 Å². The highest BCUT2D eigenvalue weighted by atomic mass is 32.1. The van der Waals surface area contributed by atoms with Crippen molar-refractivity contribution in [2.24, 2.45) is 5.73 Å². The predicted molar refractivity (Wildman–Crippen MR) is 76.4 cm³/mol. The van der Waals surface area contributed by atoms with Crippen LogP contribution in [0.3, 0.4) is 0 Å². The molecular formula is C15H15F3N2S. The Labute approximate surface area is 124 Å². The molecule has 0 radical (unpaired) electrons. The van der Waals surface area contributed by atoms with Crippen LogP contribution < -0.4 is 5.73 Å². The Morgan fingerprint density at radius 2 is 2.14 bits per heavy atom. The van der Waals surface area contributed by atoms with Gasteiger partial charge in [0.15, 0.2) is 0 Å². The second-order valence-electron chi connectivity index (χ2n) is 5.36. The molecule has 0 aliphatic heterocycles. The summed E-state index contributed by atoms with van der Waals surface area (Å²) in [7, 11) is 0. The number of rotatable bonds is 2. The van der Waals surface area contributed by atoms with E-state index in [9.17, 15) is 13.2 Å². The maximum Gasteiger partial charge on any atom is 0.416 e. The van der Waals surface area contributed by atoms with Gasteiger partial charge in [0.25, 0.3) is 0 Å². The molecule has 1 aliphatic rings. The van der Waals surface area contributed by atoms with Gasteiger partial charge in [0.2, 0.25) is 0 Å². The minimum absolute atomic E-state index is 0.180. The maximum absolute atomic E-state index is 12.7. The molecule has 2 aromatic rings. The van der Waals surface area contributed by atoms with Gasteiger partial charge in [-0.15, -0.1) is 11.3 Å². The highest BCUT2D eigenvalue weighted by Gasteiger charge is 2.30. The van der Waals surface area contributed by atoms with Crippen LogP contribution in [0.4, 0.5) is 13.2 Å². The van der Waals surface area contributed by atoms with Crippen LogP contribution in [0.1, 0.15) is 33.1 Å². The Hall–Kier alpha value is -1.40. The van der Waals surface area contributed by atoms with E-state index in [0.717, 1.165) is 36.0 Å². The van der Waals surface area contributed by atoms with Gasteiger partial charge in [-0.3, -0.25) is 0 Å². The molecule has 0 bridgehead atoms. The number of aryl methyl sites for hydroxylation is 1. The minimum Gasteiger partial charge on any atom is -0.327 e. The zero-order valence-electron chi connectivity index (χ0n) is 11.3. The van der Waals surface area contributed by atoms with Gasteiger partial charge >= 0.3 is 6.18 Å². The number of halogens is 3. The normalized spacial score (nSPS) is 18.6. The van der Waals surface area contributed by atoms with Gasteiger partial charge in [-0.2, -0.15) is 13.2 Å². The van der Waals surface area contributed by atoms with E-state index in [1.165, 1.54) is 17.0 Å². The van der Waals surface area contributed by atoms with Gasteiger partial charge in [-0.1, -0.05) is 18.2 Å². The molecule has 1 heterocycles. The lowest BCUT2D eigenvalue weighted by atomic mass is 9.99. The molecule has 112 valence electrons. The van der Waals surface area contributed by atoms with Crippen molar-refractivity contribution in [1.29, 1.82) is 0 Å². The first-order chi connectivity index (χ1) is 9.91. The SMILES string of the molecule is NC1CCc2nc(Cc3cccc(C(F)(F)F)c3)sc2C1. The fraction of sp³-hybridized carbons (Fsp3) is 0.400. The van der Waals surface area contributed by atoms with Crippen molar-refractivity contribution in [3.05, 3.63) is 51.0 Å². The zero-order chi connectivity index (χ0) is 15.0. The molecule has 0 amide bonds. The van der Waals surface area contributed by atoms with Gasteiger partial charge < -0.3 is 5.73 Å². The van der Waals surface area contributed by atoms with E-state index in [2.05, 4.69) is 4.98 Å². The first kappa shape index (κ1) is 14.5. The molecule has 0 fully saturated rings. The number of nitrogens with zero attached hydrogens (tertiary/aromatic N) is 1. The van der Waals surface area contributed by atoms with E-state index in [1.54, 1.807) is 17.4 Å². The van der Waals surface area contributed by atoms with E-state index >= 15 is 0 Å². The first-order valence-corrected chi connectivity index (χ1v) is 7.62. The molecule has 0 saturated carbocycles. The monoisotopic (exact) mass is 312 g/mol. The summed E-state index contributed by atoms with van der Waals surface area (Å²) in [6.07, 6.45) is -1.23. The number of fused-ring (bicyclic) bond motifs is 1. The largest absolute Gasteiger partial charge is 0.416 e. The second-order valence-corrected chi connectivity index (χ2v) is 6.52. The molecule has 1 atom stereocenters. The van der Waals surface area contributed by atoms with Crippen molar-refractivity contribution in [3.63, 3.8) is 0 Å². The van der Waals surface area contributed by atoms with E-state index in [1.807, 2.05) is 0 Å². The van der Waals surface area contributed by atoms with Crippen LogP contribution in [-0.2, 0) is 25.4 Å². The number of hydrogen-bond donors (Lipinski definition) is 1. The minimum atomic E-state index is -4.30. The van der Waals surface area contributed by atoms with Gasteiger partial charge in [-0.25, -0.2) is 4.98 Å². The number of thiazole rings is 1. The Morgan fingerprint density at radius 3 is 2.90 bits per heavy atom. The van der Waals surface area contributed by atoms with Crippen molar-refractivity contribution < 1.29 is 13.2 Å². The lowest BCUT2D eigenvalue weighted by Gasteiger charge is -2.15. The summed E-state index contributed by atoms with van der Waals surface area (Å²) >= 11 is 1.57. The molecule has 21 heavy (non-hydrogen) atoms. The fourth-order valence-corrected chi connectivity index (χ4v) is 3.80. The Balaban J connectivity index is 1.81. The Bertz CT molecular complexity index is 649. The van der Waals surface area contributed by atoms with Crippen molar-refractivity contribution in [1.82, 2.24) is 4.98 Å². The molecule has 1 aromatic heterocycles. The molecule has 1 aliphatic carbocycles. The molecule has 0 saturated heterocycles. The lowest BCUT2D eigenvalue weighted by molar-refractivity contribution is -0.137. The quantitative estimate of drug-likeness (QED) is 0.921. The van der Waals surface area contributed by atoms with Crippen molar-refractivity contribution in [2.45, 2.75) is 37.9 Å². The topological polar surface area (TPSA) is 38.9 Å². The molecule has 3 rings (SSSR count). The molecular weight excluding hydrogens is 297 g/mol. The van der Waals surface area contributed by atoms with Gasteiger partial charge in [0.05, 0.1) is 16.3 Å².